The maximum Gasteiger partial charge on any atom is 0.260 e. The summed E-state index contributed by atoms with van der Waals surface area (Å²) < 4.78 is 13.8. The van der Waals surface area contributed by atoms with E-state index in [2.05, 4.69) is 25.3 Å². The Morgan fingerprint density at radius 1 is 1.23 bits per heavy atom. The van der Waals surface area contributed by atoms with Gasteiger partial charge in [-0.3, -0.25) is 15.1 Å². The minimum absolute atomic E-state index is 0.00148. The van der Waals surface area contributed by atoms with E-state index in [4.69, 9.17) is 13.1 Å². The highest BCUT2D eigenvalue weighted by Gasteiger charge is 2.24. The minimum Gasteiger partial charge on any atom is -0.507 e. The van der Waals surface area contributed by atoms with Crippen molar-refractivity contribution in [1.29, 1.82) is 0 Å². The average molecular weight is 349 g/mol. The summed E-state index contributed by atoms with van der Waals surface area (Å²) >= 11 is 0. The van der Waals surface area contributed by atoms with Crippen molar-refractivity contribution in [3.8, 4) is 16.9 Å². The van der Waals surface area contributed by atoms with Crippen molar-refractivity contribution >= 4 is 23.2 Å². The van der Waals surface area contributed by atoms with Crippen molar-refractivity contribution < 1.29 is 14.3 Å². The van der Waals surface area contributed by atoms with Crippen molar-refractivity contribution in [3.05, 3.63) is 64.5 Å². The Labute approximate surface area is 148 Å². The molecule has 0 unspecified atom stereocenters. The van der Waals surface area contributed by atoms with Crippen LogP contribution in [0.15, 0.2) is 35.3 Å². The van der Waals surface area contributed by atoms with E-state index < -0.39 is 11.7 Å². The van der Waals surface area contributed by atoms with E-state index in [9.17, 15) is 14.3 Å². The van der Waals surface area contributed by atoms with Crippen LogP contribution >= 0.6 is 0 Å². The molecule has 1 amide bonds. The number of phenolic OH excluding ortho intramolecular Hbond substituents is 1. The van der Waals surface area contributed by atoms with Gasteiger partial charge in [0.15, 0.2) is 17.3 Å². The van der Waals surface area contributed by atoms with Crippen LogP contribution in [0.3, 0.4) is 0 Å². The van der Waals surface area contributed by atoms with Gasteiger partial charge in [0.25, 0.3) is 5.91 Å². The summed E-state index contributed by atoms with van der Waals surface area (Å²) in [5.74, 6) is -1.47. The SMILES string of the molecule is [C-]#[N+]c1ccc(F)cc1-c1c([N+]#[C-])ccc(O)c1C(=O)NC1=NCCN1. The van der Waals surface area contributed by atoms with Gasteiger partial charge in [0, 0.05) is 6.54 Å². The zero-order valence-corrected chi connectivity index (χ0v) is 13.4. The van der Waals surface area contributed by atoms with Gasteiger partial charge >= 0.3 is 0 Å². The normalized spacial score (nSPS) is 12.5. The topological polar surface area (TPSA) is 82.4 Å². The van der Waals surface area contributed by atoms with Crippen LogP contribution in [-0.2, 0) is 0 Å². The molecule has 0 fully saturated rings. The first-order valence-corrected chi connectivity index (χ1v) is 7.55. The molecule has 0 atom stereocenters. The Bertz CT molecular complexity index is 1020. The van der Waals surface area contributed by atoms with Gasteiger partial charge in [-0.2, -0.15) is 0 Å². The molecule has 0 saturated carbocycles. The number of rotatable bonds is 2. The molecule has 26 heavy (non-hydrogen) atoms. The number of nitrogens with one attached hydrogen (secondary N) is 2. The number of carbonyl (C=O) groups excluding carboxylic acids is 1. The number of nitrogens with zero attached hydrogens (tertiary/aromatic N) is 3. The lowest BCUT2D eigenvalue weighted by Crippen LogP contribution is -2.38. The molecule has 2 aromatic rings. The Balaban J connectivity index is 2.23. The second kappa shape index (κ2) is 6.91. The van der Waals surface area contributed by atoms with Gasteiger partial charge in [-0.25, -0.2) is 14.1 Å². The van der Waals surface area contributed by atoms with E-state index in [1.807, 2.05) is 0 Å². The molecule has 128 valence electrons. The number of halogens is 1. The van der Waals surface area contributed by atoms with Crippen molar-refractivity contribution in [2.24, 2.45) is 4.99 Å². The molecule has 2 aromatic carbocycles. The van der Waals surface area contributed by atoms with Crippen LogP contribution in [0.25, 0.3) is 20.8 Å². The largest absolute Gasteiger partial charge is 0.507 e. The summed E-state index contributed by atoms with van der Waals surface area (Å²) in [6.07, 6.45) is 0. The second-order valence-electron chi connectivity index (χ2n) is 5.35. The maximum atomic E-state index is 13.8. The summed E-state index contributed by atoms with van der Waals surface area (Å²) in [6.45, 7) is 15.7. The average Bonchev–Trinajstić information content (AvgIpc) is 3.14. The number of amides is 1. The highest BCUT2D eigenvalue weighted by atomic mass is 19.1. The minimum atomic E-state index is -0.712. The van der Waals surface area contributed by atoms with Gasteiger partial charge in [0.05, 0.1) is 25.3 Å². The van der Waals surface area contributed by atoms with E-state index in [0.29, 0.717) is 13.1 Å². The summed E-state index contributed by atoms with van der Waals surface area (Å²) in [7, 11) is 0. The lowest BCUT2D eigenvalue weighted by Gasteiger charge is -2.15. The third-order valence-corrected chi connectivity index (χ3v) is 3.76. The summed E-state index contributed by atoms with van der Waals surface area (Å²) in [5, 5.41) is 15.6. The van der Waals surface area contributed by atoms with Crippen LogP contribution in [0.5, 0.6) is 5.75 Å². The van der Waals surface area contributed by atoms with Crippen LogP contribution in [-0.4, -0.2) is 30.1 Å². The molecular weight excluding hydrogens is 337 g/mol. The number of hydrogen-bond donors (Lipinski definition) is 3. The molecule has 1 aliphatic heterocycles. The molecule has 0 aromatic heterocycles. The van der Waals surface area contributed by atoms with Gasteiger partial charge in [0.1, 0.15) is 11.6 Å². The Morgan fingerprint density at radius 3 is 2.62 bits per heavy atom. The predicted octanol–water partition coefficient (Wildman–Crippen LogP) is 2.99. The maximum absolute atomic E-state index is 13.8. The summed E-state index contributed by atoms with van der Waals surface area (Å²) in [6, 6.07) is 5.98. The second-order valence-corrected chi connectivity index (χ2v) is 5.35. The third-order valence-electron chi connectivity index (χ3n) is 3.76. The molecular formula is C18H12FN5O2. The van der Waals surface area contributed by atoms with E-state index in [1.54, 1.807) is 0 Å². The van der Waals surface area contributed by atoms with Crippen LogP contribution in [0.4, 0.5) is 15.8 Å². The third kappa shape index (κ3) is 3.04. The number of aromatic hydroxyl groups is 1. The highest BCUT2D eigenvalue weighted by molar-refractivity contribution is 6.13. The van der Waals surface area contributed by atoms with Crippen LogP contribution in [0.2, 0.25) is 0 Å². The van der Waals surface area contributed by atoms with Crippen LogP contribution in [0, 0.1) is 19.0 Å². The van der Waals surface area contributed by atoms with Gasteiger partial charge in [-0.05, 0) is 29.3 Å². The van der Waals surface area contributed by atoms with Crippen molar-refractivity contribution in [2.45, 2.75) is 0 Å². The van der Waals surface area contributed by atoms with Gasteiger partial charge in [-0.1, -0.05) is 12.1 Å². The standard InChI is InChI=1S/C18H12FN5O2/c1-20-12-4-3-10(19)9-11(12)15-13(21-2)5-6-14(25)16(15)17(26)24-18-22-7-8-23-18/h3-6,9,25H,7-8H2,(H2,22,23,24,26). The molecule has 7 nitrogen and oxygen atoms in total. The van der Waals surface area contributed by atoms with Crippen molar-refractivity contribution in [3.63, 3.8) is 0 Å². The monoisotopic (exact) mass is 349 g/mol. The van der Waals surface area contributed by atoms with Crippen LogP contribution in [0.1, 0.15) is 10.4 Å². The lowest BCUT2D eigenvalue weighted by atomic mass is 9.95. The molecule has 0 saturated heterocycles. The van der Waals surface area contributed by atoms with E-state index in [-0.39, 0.29) is 39.8 Å². The zero-order valence-electron chi connectivity index (χ0n) is 13.4. The van der Waals surface area contributed by atoms with Crippen LogP contribution < -0.4 is 10.6 Å². The van der Waals surface area contributed by atoms with E-state index in [0.717, 1.165) is 12.1 Å². The fraction of sp³-hybridized carbons (Fsp3) is 0.111. The molecule has 1 aliphatic rings. The Morgan fingerprint density at radius 2 is 1.96 bits per heavy atom. The predicted molar refractivity (Wildman–Crippen MR) is 93.8 cm³/mol. The summed E-state index contributed by atoms with van der Waals surface area (Å²) in [4.78, 5) is 23.4. The van der Waals surface area contributed by atoms with E-state index >= 15 is 0 Å². The molecule has 0 radical (unpaired) electrons. The quantitative estimate of drug-likeness (QED) is 0.729. The Kier molecular flexibility index (Phi) is 4.50. The zero-order chi connectivity index (χ0) is 18.7. The van der Waals surface area contributed by atoms with E-state index in [1.165, 1.54) is 18.2 Å². The number of phenols is 1. The number of hydrogen-bond acceptors (Lipinski definition) is 4. The van der Waals surface area contributed by atoms with Crippen molar-refractivity contribution in [2.75, 3.05) is 13.1 Å². The highest BCUT2D eigenvalue weighted by Crippen LogP contribution is 2.42. The van der Waals surface area contributed by atoms with Crippen molar-refractivity contribution in [1.82, 2.24) is 10.6 Å². The first kappa shape index (κ1) is 16.9. The summed E-state index contributed by atoms with van der Waals surface area (Å²) in [5.41, 5.74) is -0.0718. The smallest absolute Gasteiger partial charge is 0.260 e. The number of guanidine groups is 1. The lowest BCUT2D eigenvalue weighted by molar-refractivity contribution is 0.0974. The first-order valence-electron chi connectivity index (χ1n) is 7.55. The first-order chi connectivity index (χ1) is 12.5. The molecule has 8 heteroatoms. The molecule has 3 rings (SSSR count). The molecule has 0 aliphatic carbocycles. The van der Waals surface area contributed by atoms with Gasteiger partial charge in [-0.15, -0.1) is 0 Å². The number of carbonyl (C=O) groups is 1. The number of benzene rings is 2. The molecule has 1 heterocycles. The van der Waals surface area contributed by atoms with Gasteiger partial charge in [0.2, 0.25) is 0 Å². The number of aliphatic imine (C=N–C) groups is 1. The molecule has 0 spiro atoms. The molecule has 0 bridgehead atoms. The Hall–Kier alpha value is -3.91. The fourth-order valence-corrected chi connectivity index (χ4v) is 2.63. The fourth-order valence-electron chi connectivity index (χ4n) is 2.63. The van der Waals surface area contributed by atoms with Gasteiger partial charge < -0.3 is 10.4 Å². The molecule has 3 N–H and O–H groups in total.